The lowest BCUT2D eigenvalue weighted by atomic mass is 9.76. The van der Waals surface area contributed by atoms with E-state index in [1.54, 1.807) is 0 Å². The van der Waals surface area contributed by atoms with Crippen molar-refractivity contribution in [2.24, 2.45) is 0 Å². The van der Waals surface area contributed by atoms with Crippen LogP contribution in [0.25, 0.3) is 16.8 Å². The van der Waals surface area contributed by atoms with Crippen LogP contribution >= 0.6 is 0 Å². The van der Waals surface area contributed by atoms with Gasteiger partial charge >= 0.3 is 5.97 Å². The number of benzene rings is 1. The van der Waals surface area contributed by atoms with Gasteiger partial charge < -0.3 is 28.3 Å². The highest BCUT2D eigenvalue weighted by Gasteiger charge is 2.45. The van der Waals surface area contributed by atoms with Crippen LogP contribution in [-0.2, 0) is 29.2 Å². The smallest absolute Gasteiger partial charge is 0.318 e. The second-order valence-electron chi connectivity index (χ2n) is 11.0. The van der Waals surface area contributed by atoms with Crippen molar-refractivity contribution in [3.05, 3.63) is 65.1 Å². The summed E-state index contributed by atoms with van der Waals surface area (Å²) >= 11 is 0. The lowest BCUT2D eigenvalue weighted by Crippen LogP contribution is -2.43. The maximum absolute atomic E-state index is 13.5. The number of carbonyl (C=O) groups is 1. The second kappa shape index (κ2) is 13.2. The summed E-state index contributed by atoms with van der Waals surface area (Å²) in [6.07, 6.45) is 3.92. The van der Waals surface area contributed by atoms with Gasteiger partial charge in [-0.3, -0.25) is 4.79 Å². The number of aryl methyl sites for hydroxylation is 3. The average Bonchev–Trinajstić information content (AvgIpc) is 3.34. The van der Waals surface area contributed by atoms with Crippen molar-refractivity contribution in [3.8, 4) is 22.7 Å². The molecule has 2 fully saturated rings. The van der Waals surface area contributed by atoms with Gasteiger partial charge in [-0.25, -0.2) is 4.98 Å². The van der Waals surface area contributed by atoms with Gasteiger partial charge in [0.1, 0.15) is 12.0 Å². The van der Waals surface area contributed by atoms with Crippen molar-refractivity contribution in [2.75, 3.05) is 39.6 Å². The summed E-state index contributed by atoms with van der Waals surface area (Å²) < 4.78 is 31.2. The zero-order valence-corrected chi connectivity index (χ0v) is 24.7. The Kier molecular flexibility index (Phi) is 9.42. The Morgan fingerprint density at radius 2 is 1.78 bits per heavy atom. The van der Waals surface area contributed by atoms with Gasteiger partial charge in [0.15, 0.2) is 6.29 Å². The Bertz CT molecular complexity index is 1320. The molecule has 220 valence electrons. The SMILES string of the molecule is CCOC(=O)C1(c2cc(-c3cc(-n4c(C)ccc4C)ccc3C)cc(OCCOC3CCCCO3)n2)CCOCC1. The molecule has 2 aromatic heterocycles. The van der Waals surface area contributed by atoms with E-state index in [2.05, 4.69) is 55.7 Å². The third-order valence-corrected chi connectivity index (χ3v) is 8.14. The van der Waals surface area contributed by atoms with Gasteiger partial charge in [-0.2, -0.15) is 0 Å². The molecule has 0 amide bonds. The normalized spacial score (nSPS) is 18.7. The maximum atomic E-state index is 13.5. The highest BCUT2D eigenvalue weighted by atomic mass is 16.7. The molecule has 4 heterocycles. The summed E-state index contributed by atoms with van der Waals surface area (Å²) in [5, 5.41) is 0. The van der Waals surface area contributed by atoms with Crippen molar-refractivity contribution < 1.29 is 28.5 Å². The number of pyridine rings is 1. The first-order chi connectivity index (χ1) is 19.9. The third kappa shape index (κ3) is 6.50. The number of hydrogen-bond donors (Lipinski definition) is 0. The van der Waals surface area contributed by atoms with E-state index in [0.29, 0.717) is 57.4 Å². The van der Waals surface area contributed by atoms with Crippen molar-refractivity contribution >= 4 is 5.97 Å². The number of rotatable bonds is 10. The molecule has 0 saturated carbocycles. The quantitative estimate of drug-likeness (QED) is 0.222. The van der Waals surface area contributed by atoms with E-state index in [1.165, 1.54) is 11.4 Å². The molecule has 5 rings (SSSR count). The van der Waals surface area contributed by atoms with Gasteiger partial charge in [-0.1, -0.05) is 6.07 Å². The highest BCUT2D eigenvalue weighted by molar-refractivity contribution is 5.84. The summed E-state index contributed by atoms with van der Waals surface area (Å²) in [6.45, 7) is 10.8. The van der Waals surface area contributed by atoms with Gasteiger partial charge in [0.25, 0.3) is 0 Å². The van der Waals surface area contributed by atoms with Crippen molar-refractivity contribution in [3.63, 3.8) is 0 Å². The minimum atomic E-state index is -0.895. The molecule has 0 bridgehead atoms. The summed E-state index contributed by atoms with van der Waals surface area (Å²) in [5.74, 6) is 0.194. The number of ether oxygens (including phenoxy) is 5. The molecule has 8 nitrogen and oxygen atoms in total. The summed E-state index contributed by atoms with van der Waals surface area (Å²) in [4.78, 5) is 18.4. The molecule has 1 atom stereocenters. The molecule has 1 aromatic carbocycles. The third-order valence-electron chi connectivity index (χ3n) is 8.14. The molecule has 2 saturated heterocycles. The topological polar surface area (TPSA) is 81.0 Å². The molecule has 0 spiro atoms. The lowest BCUT2D eigenvalue weighted by molar-refractivity contribution is -0.165. The molecule has 0 N–H and O–H groups in total. The predicted molar refractivity (Wildman–Crippen MR) is 157 cm³/mol. The number of aromatic nitrogens is 2. The molecular formula is C33H42N2O6. The number of carbonyl (C=O) groups excluding carboxylic acids is 1. The first-order valence-electron chi connectivity index (χ1n) is 14.8. The van der Waals surface area contributed by atoms with Crippen molar-refractivity contribution in [1.29, 1.82) is 0 Å². The maximum Gasteiger partial charge on any atom is 0.318 e. The second-order valence-corrected chi connectivity index (χ2v) is 11.0. The molecule has 2 aliphatic rings. The zero-order chi connectivity index (χ0) is 28.8. The lowest BCUT2D eigenvalue weighted by Gasteiger charge is -2.34. The van der Waals surface area contributed by atoms with E-state index in [9.17, 15) is 4.79 Å². The van der Waals surface area contributed by atoms with Crippen LogP contribution in [0.2, 0.25) is 0 Å². The van der Waals surface area contributed by atoms with Gasteiger partial charge in [-0.05, 0) is 107 Å². The van der Waals surface area contributed by atoms with Gasteiger partial charge in [0.2, 0.25) is 5.88 Å². The van der Waals surface area contributed by atoms with E-state index in [4.69, 9.17) is 28.7 Å². The van der Waals surface area contributed by atoms with Crippen LogP contribution in [0.5, 0.6) is 5.88 Å². The van der Waals surface area contributed by atoms with Crippen LogP contribution in [0.3, 0.4) is 0 Å². The first-order valence-corrected chi connectivity index (χ1v) is 14.8. The first kappa shape index (κ1) is 29.3. The van der Waals surface area contributed by atoms with Crippen molar-refractivity contribution in [2.45, 2.75) is 71.5 Å². The Labute approximate surface area is 242 Å². The van der Waals surface area contributed by atoms with Crippen LogP contribution in [0, 0.1) is 20.8 Å². The number of esters is 1. The highest BCUT2D eigenvalue weighted by Crippen LogP contribution is 2.39. The van der Waals surface area contributed by atoms with Gasteiger partial charge in [0.05, 0.1) is 18.9 Å². The van der Waals surface area contributed by atoms with E-state index in [0.717, 1.165) is 48.2 Å². The minimum absolute atomic E-state index is 0.178. The fourth-order valence-corrected chi connectivity index (χ4v) is 5.84. The number of hydrogen-bond acceptors (Lipinski definition) is 7. The van der Waals surface area contributed by atoms with Crippen LogP contribution < -0.4 is 4.74 Å². The summed E-state index contributed by atoms with van der Waals surface area (Å²) in [5.41, 5.74) is 6.30. The van der Waals surface area contributed by atoms with E-state index in [-0.39, 0.29) is 12.3 Å². The molecule has 2 aliphatic heterocycles. The Morgan fingerprint density at radius 3 is 2.49 bits per heavy atom. The molecule has 8 heteroatoms. The molecule has 3 aromatic rings. The van der Waals surface area contributed by atoms with Gasteiger partial charge in [0, 0.05) is 43.0 Å². The van der Waals surface area contributed by atoms with Crippen LogP contribution in [0.15, 0.2) is 42.5 Å². The van der Waals surface area contributed by atoms with Crippen molar-refractivity contribution in [1.82, 2.24) is 9.55 Å². The number of nitrogens with zero attached hydrogens (tertiary/aromatic N) is 2. The molecule has 41 heavy (non-hydrogen) atoms. The Hall–Kier alpha value is -3.20. The Morgan fingerprint density at radius 1 is 1.00 bits per heavy atom. The van der Waals surface area contributed by atoms with E-state index < -0.39 is 5.41 Å². The monoisotopic (exact) mass is 562 g/mol. The standard InChI is InChI=1S/C33H42N2O6/c1-5-38-32(36)33(13-16-37-17-14-33)29-20-26(21-30(34-29)39-18-19-41-31-8-6-7-15-40-31)28-22-27(12-9-23(28)2)35-24(3)10-11-25(35)4/h9-12,20-22,31H,5-8,13-19H2,1-4H3. The summed E-state index contributed by atoms with van der Waals surface area (Å²) in [7, 11) is 0. The van der Waals surface area contributed by atoms with Crippen LogP contribution in [0.1, 0.15) is 61.7 Å². The fraction of sp³-hybridized carbons (Fsp3) is 0.515. The van der Waals surface area contributed by atoms with E-state index in [1.807, 2.05) is 19.1 Å². The van der Waals surface area contributed by atoms with E-state index >= 15 is 0 Å². The molecular weight excluding hydrogens is 520 g/mol. The van der Waals surface area contributed by atoms with Crippen LogP contribution in [0.4, 0.5) is 0 Å². The molecule has 1 unspecified atom stereocenters. The minimum Gasteiger partial charge on any atom is -0.475 e. The van der Waals surface area contributed by atoms with Crippen LogP contribution in [-0.4, -0.2) is 61.5 Å². The average molecular weight is 563 g/mol. The Balaban J connectivity index is 1.52. The molecule has 0 aliphatic carbocycles. The summed E-state index contributed by atoms with van der Waals surface area (Å²) in [6, 6.07) is 14.7. The predicted octanol–water partition coefficient (Wildman–Crippen LogP) is 6.00. The zero-order valence-electron chi connectivity index (χ0n) is 24.7. The van der Waals surface area contributed by atoms with Gasteiger partial charge in [-0.15, -0.1) is 0 Å². The fourth-order valence-electron chi connectivity index (χ4n) is 5.84. The largest absolute Gasteiger partial charge is 0.475 e. The molecule has 0 radical (unpaired) electrons.